The maximum atomic E-state index is 12.9. The monoisotopic (exact) mass is 366 g/mol. The van der Waals surface area contributed by atoms with E-state index < -0.39 is 11.9 Å². The van der Waals surface area contributed by atoms with E-state index in [1.165, 1.54) is 7.11 Å². The Morgan fingerprint density at radius 1 is 1.23 bits per heavy atom. The van der Waals surface area contributed by atoms with Gasteiger partial charge in [0.15, 0.2) is 0 Å². The van der Waals surface area contributed by atoms with Crippen molar-refractivity contribution in [1.82, 2.24) is 4.98 Å². The van der Waals surface area contributed by atoms with Gasteiger partial charge >= 0.3 is 5.97 Å². The van der Waals surface area contributed by atoms with Crippen LogP contribution in [0, 0.1) is 13.8 Å². The van der Waals surface area contributed by atoms with Crippen LogP contribution in [-0.4, -0.2) is 24.0 Å². The molecule has 132 valence electrons. The van der Waals surface area contributed by atoms with E-state index in [4.69, 9.17) is 4.74 Å². The summed E-state index contributed by atoms with van der Waals surface area (Å²) >= 11 is 1.57. The minimum absolute atomic E-state index is 0.133. The quantitative estimate of drug-likeness (QED) is 0.682. The minimum Gasteiger partial charge on any atom is -0.465 e. The van der Waals surface area contributed by atoms with Crippen LogP contribution in [0.4, 0.5) is 5.69 Å². The molecule has 26 heavy (non-hydrogen) atoms. The normalized spacial score (nSPS) is 15.7. The van der Waals surface area contributed by atoms with E-state index in [2.05, 4.69) is 10.3 Å². The Bertz CT molecular complexity index is 1020. The van der Waals surface area contributed by atoms with Crippen LogP contribution >= 0.6 is 11.3 Å². The van der Waals surface area contributed by atoms with Crippen LogP contribution in [0.5, 0.6) is 0 Å². The van der Waals surface area contributed by atoms with Crippen LogP contribution in [-0.2, 0) is 9.53 Å². The molecule has 1 amide bonds. The Hall–Kier alpha value is -2.86. The fraction of sp³-hybridized carbons (Fsp3) is 0.200. The van der Waals surface area contributed by atoms with Crippen molar-refractivity contribution in [1.29, 1.82) is 0 Å². The average molecular weight is 366 g/mol. The molecule has 0 aliphatic carbocycles. The molecule has 5 nitrogen and oxygen atoms in total. The number of benzene rings is 1. The van der Waals surface area contributed by atoms with Crippen LogP contribution in [0.25, 0.3) is 11.3 Å². The lowest BCUT2D eigenvalue weighted by Crippen LogP contribution is -2.17. The number of aromatic amines is 1. The lowest BCUT2D eigenvalue weighted by Gasteiger charge is -2.13. The second-order valence-corrected chi connectivity index (χ2v) is 7.21. The van der Waals surface area contributed by atoms with Gasteiger partial charge in [0.2, 0.25) is 5.91 Å². The highest BCUT2D eigenvalue weighted by molar-refractivity contribution is 7.08. The Kier molecular flexibility index (Phi) is 3.92. The Morgan fingerprint density at radius 2 is 2.04 bits per heavy atom. The molecule has 1 aliphatic heterocycles. The van der Waals surface area contributed by atoms with Crippen molar-refractivity contribution >= 4 is 28.9 Å². The van der Waals surface area contributed by atoms with Crippen molar-refractivity contribution in [2.45, 2.75) is 19.8 Å². The number of aromatic nitrogens is 1. The van der Waals surface area contributed by atoms with Crippen LogP contribution in [0.15, 0.2) is 35.0 Å². The maximum absolute atomic E-state index is 12.9. The number of aryl methyl sites for hydroxylation is 2. The number of nitrogens with one attached hydrogen (secondary N) is 2. The van der Waals surface area contributed by atoms with Crippen LogP contribution < -0.4 is 5.32 Å². The summed E-state index contributed by atoms with van der Waals surface area (Å²) in [7, 11) is 1.36. The number of anilines is 1. The molecule has 0 spiro atoms. The zero-order valence-corrected chi connectivity index (χ0v) is 15.5. The van der Waals surface area contributed by atoms with E-state index in [9.17, 15) is 9.59 Å². The van der Waals surface area contributed by atoms with Gasteiger partial charge in [-0.2, -0.15) is 11.3 Å². The number of H-pyrrole nitrogens is 1. The molecule has 0 saturated heterocycles. The van der Waals surface area contributed by atoms with E-state index in [1.54, 1.807) is 11.3 Å². The molecule has 0 saturated carbocycles. The van der Waals surface area contributed by atoms with Crippen LogP contribution in [0.3, 0.4) is 0 Å². The minimum atomic E-state index is -0.557. The van der Waals surface area contributed by atoms with E-state index in [1.807, 2.05) is 48.9 Å². The maximum Gasteiger partial charge on any atom is 0.340 e. The predicted octanol–water partition coefficient (Wildman–Crippen LogP) is 4.23. The van der Waals surface area contributed by atoms with Crippen LogP contribution in [0.2, 0.25) is 0 Å². The molecular weight excluding hydrogens is 348 g/mol. The Labute approximate surface area is 155 Å². The number of methoxy groups -OCH3 is 1. The van der Waals surface area contributed by atoms with Gasteiger partial charge in [-0.1, -0.05) is 17.7 Å². The number of carbonyl (C=O) groups is 2. The molecule has 1 atom stereocenters. The molecule has 0 bridgehead atoms. The summed E-state index contributed by atoms with van der Waals surface area (Å²) in [6, 6.07) is 7.85. The summed E-state index contributed by atoms with van der Waals surface area (Å²) in [5.41, 5.74) is 6.29. The second kappa shape index (κ2) is 6.14. The van der Waals surface area contributed by atoms with Gasteiger partial charge in [-0.25, -0.2) is 4.79 Å². The molecule has 0 fully saturated rings. The van der Waals surface area contributed by atoms with Crippen molar-refractivity contribution in [2.75, 3.05) is 12.4 Å². The van der Waals surface area contributed by atoms with Crippen molar-refractivity contribution in [2.24, 2.45) is 0 Å². The first-order chi connectivity index (χ1) is 12.5. The van der Waals surface area contributed by atoms with E-state index in [-0.39, 0.29) is 5.91 Å². The second-order valence-electron chi connectivity index (χ2n) is 6.43. The largest absolute Gasteiger partial charge is 0.465 e. The van der Waals surface area contributed by atoms with Gasteiger partial charge in [0, 0.05) is 27.9 Å². The highest BCUT2D eigenvalue weighted by atomic mass is 32.1. The molecule has 3 aromatic rings. The van der Waals surface area contributed by atoms with Crippen molar-refractivity contribution in [3.05, 3.63) is 63.0 Å². The number of esters is 1. The predicted molar refractivity (Wildman–Crippen MR) is 102 cm³/mol. The number of ether oxygens (including phenoxy) is 1. The highest BCUT2D eigenvalue weighted by Gasteiger charge is 2.38. The zero-order valence-electron chi connectivity index (χ0n) is 14.7. The SMILES string of the molecule is COC(=O)c1c(C)[nH]c(-c2ccsc2)c1C1C(=O)Nc2ccc(C)cc21. The molecule has 1 aromatic carbocycles. The summed E-state index contributed by atoms with van der Waals surface area (Å²) in [5.74, 6) is -1.13. The topological polar surface area (TPSA) is 71.2 Å². The molecule has 3 heterocycles. The fourth-order valence-corrected chi connectivity index (χ4v) is 4.25. The number of thiophene rings is 1. The number of amides is 1. The third-order valence-corrected chi connectivity index (χ3v) is 5.44. The lowest BCUT2D eigenvalue weighted by molar-refractivity contribution is -0.116. The molecule has 1 aliphatic rings. The Morgan fingerprint density at radius 3 is 2.73 bits per heavy atom. The van der Waals surface area contributed by atoms with Gasteiger partial charge in [0.25, 0.3) is 0 Å². The molecule has 1 unspecified atom stereocenters. The zero-order chi connectivity index (χ0) is 18.4. The first-order valence-corrected chi connectivity index (χ1v) is 9.20. The summed E-state index contributed by atoms with van der Waals surface area (Å²) in [5, 5.41) is 6.91. The third-order valence-electron chi connectivity index (χ3n) is 4.75. The van der Waals surface area contributed by atoms with Crippen LogP contribution in [0.1, 0.15) is 38.7 Å². The highest BCUT2D eigenvalue weighted by Crippen LogP contribution is 2.44. The standard InChI is InChI=1S/C20H18N2O3S/c1-10-4-5-14-13(8-10)16(19(23)22-14)17-15(20(24)25-3)11(2)21-18(17)12-6-7-26-9-12/h4-9,16,21H,1-3H3,(H,22,23). The number of hydrogen-bond donors (Lipinski definition) is 2. The first-order valence-electron chi connectivity index (χ1n) is 8.26. The number of fused-ring (bicyclic) bond motifs is 1. The Balaban J connectivity index is 2.01. The smallest absolute Gasteiger partial charge is 0.340 e. The average Bonchev–Trinajstić information content (AvgIpc) is 3.31. The lowest BCUT2D eigenvalue weighted by atomic mass is 9.87. The molecule has 4 rings (SSSR count). The van der Waals surface area contributed by atoms with Gasteiger partial charge in [-0.15, -0.1) is 0 Å². The number of carbonyl (C=O) groups excluding carboxylic acids is 2. The summed E-state index contributed by atoms with van der Waals surface area (Å²) in [6.45, 7) is 3.82. The van der Waals surface area contributed by atoms with Crippen molar-refractivity contribution in [3.8, 4) is 11.3 Å². The van der Waals surface area contributed by atoms with Gasteiger partial charge < -0.3 is 15.0 Å². The summed E-state index contributed by atoms with van der Waals surface area (Å²) < 4.78 is 5.01. The van der Waals surface area contributed by atoms with E-state index in [0.29, 0.717) is 16.8 Å². The molecule has 2 aromatic heterocycles. The van der Waals surface area contributed by atoms with Crippen molar-refractivity contribution < 1.29 is 14.3 Å². The first kappa shape index (κ1) is 16.6. The van der Waals surface area contributed by atoms with Gasteiger partial charge in [0.1, 0.15) is 0 Å². The number of hydrogen-bond acceptors (Lipinski definition) is 4. The third kappa shape index (κ3) is 2.45. The van der Waals surface area contributed by atoms with Gasteiger partial charge in [-0.3, -0.25) is 4.79 Å². The molecule has 0 radical (unpaired) electrons. The summed E-state index contributed by atoms with van der Waals surface area (Å²) in [4.78, 5) is 28.7. The van der Waals surface area contributed by atoms with E-state index in [0.717, 1.165) is 28.1 Å². The fourth-order valence-electron chi connectivity index (χ4n) is 3.60. The number of rotatable bonds is 3. The van der Waals surface area contributed by atoms with E-state index >= 15 is 0 Å². The van der Waals surface area contributed by atoms with Gasteiger partial charge in [-0.05, 0) is 36.9 Å². The molecule has 6 heteroatoms. The van der Waals surface area contributed by atoms with Crippen molar-refractivity contribution in [3.63, 3.8) is 0 Å². The molecule has 2 N–H and O–H groups in total. The van der Waals surface area contributed by atoms with Gasteiger partial charge in [0.05, 0.1) is 24.3 Å². The summed E-state index contributed by atoms with van der Waals surface area (Å²) in [6.07, 6.45) is 0. The molecular formula is C20H18N2O3S.